The highest BCUT2D eigenvalue weighted by Gasteiger charge is 2.31. The van der Waals surface area contributed by atoms with Crippen molar-refractivity contribution in [3.8, 4) is 5.75 Å². The Hall–Kier alpha value is -4.00. The molecule has 42 heavy (non-hydrogen) atoms. The predicted molar refractivity (Wildman–Crippen MR) is 164 cm³/mol. The summed E-state index contributed by atoms with van der Waals surface area (Å²) in [5.41, 5.74) is 1.23. The number of nitrogens with zero attached hydrogens (tertiary/aromatic N) is 5. The fraction of sp³-hybridized carbons (Fsp3) is 0.379. The molecular formula is C29H36ClFN8O3. The normalized spacial score (nSPS) is 15.9. The summed E-state index contributed by atoms with van der Waals surface area (Å²) in [6.07, 6.45) is 3.88. The van der Waals surface area contributed by atoms with Crippen LogP contribution in [0.4, 0.5) is 39.0 Å². The molecule has 1 aromatic heterocycles. The van der Waals surface area contributed by atoms with Gasteiger partial charge in [-0.3, -0.25) is 4.79 Å². The summed E-state index contributed by atoms with van der Waals surface area (Å²) in [6.45, 7) is 8.66. The van der Waals surface area contributed by atoms with Crippen LogP contribution in [-0.2, 0) is 10.4 Å². The third-order valence-electron chi connectivity index (χ3n) is 7.18. The van der Waals surface area contributed by atoms with E-state index in [0.717, 1.165) is 25.2 Å². The van der Waals surface area contributed by atoms with E-state index in [2.05, 4.69) is 47.3 Å². The molecule has 1 fully saturated rings. The Bertz CT molecular complexity index is 1470. The standard InChI is InChI=1S/C29H36ClFN8O3/c1-7-26(40)34-22-13-23(25(42-6)14-24(22)39-10-9-17(39)15-38(4)5)36-28-33-16-32-27(37-28)35-21-12-19(30)20(31)11-18(21)29(3,41)8-2/h7,11-14,16-17,41H,1,8-10,15H2,2-6H3,(H,34,40)(H2,32,33,35,36,37)/t17-,29?/m1/s1. The molecule has 224 valence electrons. The molecule has 1 aliphatic rings. The summed E-state index contributed by atoms with van der Waals surface area (Å²) in [6, 6.07) is 6.49. The molecule has 3 aromatic rings. The quantitative estimate of drug-likeness (QED) is 0.210. The number of hydrogen-bond acceptors (Lipinski definition) is 10. The van der Waals surface area contributed by atoms with Gasteiger partial charge in [0.25, 0.3) is 0 Å². The Morgan fingerprint density at radius 3 is 2.50 bits per heavy atom. The Morgan fingerprint density at radius 2 is 1.93 bits per heavy atom. The van der Waals surface area contributed by atoms with Crippen molar-refractivity contribution >= 4 is 52.2 Å². The number of methoxy groups -OCH3 is 1. The summed E-state index contributed by atoms with van der Waals surface area (Å²) >= 11 is 6.04. The van der Waals surface area contributed by atoms with E-state index in [1.165, 1.54) is 24.5 Å². The highest BCUT2D eigenvalue weighted by Crippen LogP contribution is 2.41. The lowest BCUT2D eigenvalue weighted by Crippen LogP contribution is -2.53. The number of aliphatic hydroxyl groups is 1. The van der Waals surface area contributed by atoms with Gasteiger partial charge < -0.3 is 35.6 Å². The number of carbonyl (C=O) groups is 1. The van der Waals surface area contributed by atoms with Crippen molar-refractivity contribution in [2.24, 2.45) is 0 Å². The Labute approximate surface area is 249 Å². The van der Waals surface area contributed by atoms with E-state index in [4.69, 9.17) is 16.3 Å². The lowest BCUT2D eigenvalue weighted by Gasteiger charge is -2.45. The first-order chi connectivity index (χ1) is 19.9. The van der Waals surface area contributed by atoms with Gasteiger partial charge in [0.1, 0.15) is 17.9 Å². The van der Waals surface area contributed by atoms with Crippen LogP contribution in [0.25, 0.3) is 0 Å². The highest BCUT2D eigenvalue weighted by atomic mass is 35.5. The zero-order valence-corrected chi connectivity index (χ0v) is 25.1. The molecule has 1 unspecified atom stereocenters. The van der Waals surface area contributed by atoms with Crippen molar-refractivity contribution in [2.45, 2.75) is 38.3 Å². The van der Waals surface area contributed by atoms with Gasteiger partial charge >= 0.3 is 0 Å². The van der Waals surface area contributed by atoms with Gasteiger partial charge in [0.2, 0.25) is 17.8 Å². The number of aromatic nitrogens is 3. The predicted octanol–water partition coefficient (Wildman–Crippen LogP) is 5.04. The average Bonchev–Trinajstić information content (AvgIpc) is 2.94. The van der Waals surface area contributed by atoms with Crippen LogP contribution < -0.4 is 25.6 Å². The van der Waals surface area contributed by atoms with E-state index < -0.39 is 11.4 Å². The zero-order valence-electron chi connectivity index (χ0n) is 24.3. The van der Waals surface area contributed by atoms with Gasteiger partial charge in [0.15, 0.2) is 0 Å². The van der Waals surface area contributed by atoms with E-state index in [-0.39, 0.29) is 22.8 Å². The number of likely N-dealkylation sites (N-methyl/N-ethyl adjacent to an activating group) is 1. The maximum absolute atomic E-state index is 14.3. The maximum atomic E-state index is 14.3. The van der Waals surface area contributed by atoms with Crippen LogP contribution in [-0.4, -0.2) is 71.2 Å². The lowest BCUT2D eigenvalue weighted by molar-refractivity contribution is -0.111. The molecule has 1 saturated heterocycles. The van der Waals surface area contributed by atoms with Crippen molar-refractivity contribution < 1.29 is 19.0 Å². The number of hydrogen-bond donors (Lipinski definition) is 4. The number of carbonyl (C=O) groups excluding carboxylic acids is 1. The highest BCUT2D eigenvalue weighted by molar-refractivity contribution is 6.31. The van der Waals surface area contributed by atoms with Crippen molar-refractivity contribution in [3.63, 3.8) is 0 Å². The van der Waals surface area contributed by atoms with Crippen LogP contribution in [0.1, 0.15) is 32.3 Å². The summed E-state index contributed by atoms with van der Waals surface area (Å²) in [7, 11) is 5.61. The topological polar surface area (TPSA) is 128 Å². The van der Waals surface area contributed by atoms with Crippen molar-refractivity contribution in [1.29, 1.82) is 0 Å². The summed E-state index contributed by atoms with van der Waals surface area (Å²) in [5.74, 6) is -0.179. The molecule has 1 amide bonds. The number of ether oxygens (including phenoxy) is 1. The maximum Gasteiger partial charge on any atom is 0.247 e. The Morgan fingerprint density at radius 1 is 1.24 bits per heavy atom. The van der Waals surface area contributed by atoms with Gasteiger partial charge in [0.05, 0.1) is 34.8 Å². The second-order valence-electron chi connectivity index (χ2n) is 10.5. The first kappa shape index (κ1) is 30.9. The van der Waals surface area contributed by atoms with Crippen LogP contribution in [0.2, 0.25) is 5.02 Å². The fourth-order valence-corrected chi connectivity index (χ4v) is 4.83. The molecule has 4 rings (SSSR count). The fourth-order valence-electron chi connectivity index (χ4n) is 4.67. The van der Waals surface area contributed by atoms with E-state index in [0.29, 0.717) is 40.8 Å². The van der Waals surface area contributed by atoms with Gasteiger partial charge in [-0.15, -0.1) is 0 Å². The molecule has 0 spiro atoms. The second-order valence-corrected chi connectivity index (χ2v) is 10.9. The molecule has 0 saturated carbocycles. The number of rotatable bonds is 12. The van der Waals surface area contributed by atoms with Crippen LogP contribution >= 0.6 is 11.6 Å². The summed E-state index contributed by atoms with van der Waals surface area (Å²) in [4.78, 5) is 29.5. The number of benzene rings is 2. The minimum atomic E-state index is -1.33. The Kier molecular flexibility index (Phi) is 9.50. The third-order valence-corrected chi connectivity index (χ3v) is 7.47. The first-order valence-electron chi connectivity index (χ1n) is 13.5. The number of nitrogens with one attached hydrogen (secondary N) is 3. The molecule has 2 atom stereocenters. The van der Waals surface area contributed by atoms with Gasteiger partial charge in [-0.25, -0.2) is 14.4 Å². The second kappa shape index (κ2) is 12.9. The molecule has 4 N–H and O–H groups in total. The van der Waals surface area contributed by atoms with Gasteiger partial charge in [-0.1, -0.05) is 25.1 Å². The zero-order chi connectivity index (χ0) is 30.6. The van der Waals surface area contributed by atoms with Crippen molar-refractivity contribution in [2.75, 3.05) is 55.1 Å². The first-order valence-corrected chi connectivity index (χ1v) is 13.8. The summed E-state index contributed by atoms with van der Waals surface area (Å²) in [5, 5.41) is 19.8. The SMILES string of the molecule is C=CC(=O)Nc1cc(Nc2ncnc(Nc3cc(Cl)c(F)cc3C(C)(O)CC)n2)c(OC)cc1N1CC[C@@H]1CN(C)C. The van der Waals surface area contributed by atoms with Crippen LogP contribution in [0.5, 0.6) is 5.75 Å². The van der Waals surface area contributed by atoms with E-state index in [1.54, 1.807) is 27.0 Å². The average molecular weight is 599 g/mol. The van der Waals surface area contributed by atoms with Crippen molar-refractivity contribution in [3.05, 3.63) is 59.7 Å². The molecule has 2 aromatic carbocycles. The van der Waals surface area contributed by atoms with Crippen molar-refractivity contribution in [1.82, 2.24) is 19.9 Å². The van der Waals surface area contributed by atoms with Gasteiger partial charge in [-0.05, 0) is 58.1 Å². The summed E-state index contributed by atoms with van der Waals surface area (Å²) < 4.78 is 20.0. The van der Waals surface area contributed by atoms with Crippen LogP contribution in [0, 0.1) is 5.82 Å². The molecule has 2 heterocycles. The molecule has 0 bridgehead atoms. The molecule has 11 nitrogen and oxygen atoms in total. The Balaban J connectivity index is 1.67. The largest absolute Gasteiger partial charge is 0.494 e. The lowest BCUT2D eigenvalue weighted by atomic mass is 9.91. The van der Waals surface area contributed by atoms with E-state index in [1.807, 2.05) is 20.2 Å². The van der Waals surface area contributed by atoms with E-state index in [9.17, 15) is 14.3 Å². The van der Waals surface area contributed by atoms with Crippen LogP contribution in [0.15, 0.2) is 43.2 Å². The van der Waals surface area contributed by atoms with E-state index >= 15 is 0 Å². The molecule has 0 aliphatic carbocycles. The molecular weight excluding hydrogens is 563 g/mol. The van der Waals surface area contributed by atoms with Crippen LogP contribution in [0.3, 0.4) is 0 Å². The molecule has 13 heteroatoms. The minimum absolute atomic E-state index is 0.116. The minimum Gasteiger partial charge on any atom is -0.494 e. The molecule has 0 radical (unpaired) electrons. The molecule has 1 aliphatic heterocycles. The number of halogens is 2. The number of amides is 1. The monoisotopic (exact) mass is 598 g/mol. The smallest absolute Gasteiger partial charge is 0.247 e. The van der Waals surface area contributed by atoms with Gasteiger partial charge in [0, 0.05) is 36.4 Å². The van der Waals surface area contributed by atoms with Gasteiger partial charge in [-0.2, -0.15) is 4.98 Å². The number of anilines is 6. The third kappa shape index (κ3) is 6.89.